The van der Waals surface area contributed by atoms with Crippen molar-refractivity contribution in [3.05, 3.63) is 61.3 Å². The first-order chi connectivity index (χ1) is 11.3. The molecule has 1 heterocycles. The molecule has 1 aromatic carbocycles. The molecule has 0 radical (unpaired) electrons. The molecule has 0 saturated heterocycles. The topological polar surface area (TPSA) is 71.1 Å². The van der Waals surface area contributed by atoms with Crippen LogP contribution in [0.5, 0.6) is 0 Å². The SMILES string of the molecule is Cc1c(Cl)c(Cl)nc(Cl)c1C(=O)NC(=O)NCc1ccccc1Cl. The summed E-state index contributed by atoms with van der Waals surface area (Å²) in [5, 5.41) is 5.14. The molecule has 0 fully saturated rings. The van der Waals surface area contributed by atoms with E-state index in [1.165, 1.54) is 0 Å². The Bertz CT molecular complexity index is 812. The number of rotatable bonds is 3. The van der Waals surface area contributed by atoms with E-state index < -0.39 is 11.9 Å². The van der Waals surface area contributed by atoms with Gasteiger partial charge in [-0.1, -0.05) is 64.6 Å². The van der Waals surface area contributed by atoms with Crippen LogP contribution in [-0.2, 0) is 6.54 Å². The van der Waals surface area contributed by atoms with Crippen LogP contribution >= 0.6 is 46.4 Å². The van der Waals surface area contributed by atoms with E-state index in [4.69, 9.17) is 46.4 Å². The van der Waals surface area contributed by atoms with Gasteiger partial charge in [-0.2, -0.15) is 0 Å². The zero-order valence-corrected chi connectivity index (χ0v) is 15.3. The molecule has 0 aliphatic rings. The third kappa shape index (κ3) is 4.30. The molecule has 0 aliphatic carbocycles. The summed E-state index contributed by atoms with van der Waals surface area (Å²) in [6, 6.07) is 6.32. The number of hydrogen-bond acceptors (Lipinski definition) is 3. The molecule has 0 aliphatic heterocycles. The van der Waals surface area contributed by atoms with E-state index in [0.29, 0.717) is 16.1 Å². The van der Waals surface area contributed by atoms with E-state index in [2.05, 4.69) is 15.6 Å². The quantitative estimate of drug-likeness (QED) is 0.729. The molecule has 3 amide bonds. The highest BCUT2D eigenvalue weighted by atomic mass is 35.5. The lowest BCUT2D eigenvalue weighted by atomic mass is 10.1. The van der Waals surface area contributed by atoms with Crippen LogP contribution in [0.25, 0.3) is 0 Å². The van der Waals surface area contributed by atoms with Crippen LogP contribution in [0.1, 0.15) is 21.5 Å². The van der Waals surface area contributed by atoms with Gasteiger partial charge in [-0.15, -0.1) is 0 Å². The summed E-state index contributed by atoms with van der Waals surface area (Å²) in [4.78, 5) is 27.8. The van der Waals surface area contributed by atoms with E-state index in [-0.39, 0.29) is 27.4 Å². The Hall–Kier alpha value is -1.53. The number of nitrogens with one attached hydrogen (secondary N) is 2. The molecule has 24 heavy (non-hydrogen) atoms. The fourth-order valence-corrected chi connectivity index (χ4v) is 2.82. The minimum Gasteiger partial charge on any atom is -0.334 e. The smallest absolute Gasteiger partial charge is 0.321 e. The maximum Gasteiger partial charge on any atom is 0.321 e. The number of imide groups is 1. The monoisotopic (exact) mass is 405 g/mol. The van der Waals surface area contributed by atoms with Crippen molar-refractivity contribution in [2.75, 3.05) is 0 Å². The highest BCUT2D eigenvalue weighted by Gasteiger charge is 2.21. The van der Waals surface area contributed by atoms with Gasteiger partial charge in [0.1, 0.15) is 10.3 Å². The molecule has 9 heteroatoms. The predicted octanol–water partition coefficient (Wildman–Crippen LogP) is 4.64. The van der Waals surface area contributed by atoms with Gasteiger partial charge < -0.3 is 5.32 Å². The fraction of sp³-hybridized carbons (Fsp3) is 0.133. The molecule has 0 spiro atoms. The molecule has 1 aromatic heterocycles. The number of benzene rings is 1. The van der Waals surface area contributed by atoms with Gasteiger partial charge in [0.15, 0.2) is 0 Å². The first-order valence-electron chi connectivity index (χ1n) is 6.65. The van der Waals surface area contributed by atoms with Crippen LogP contribution in [0, 0.1) is 6.92 Å². The normalized spacial score (nSPS) is 10.4. The van der Waals surface area contributed by atoms with Crippen molar-refractivity contribution in [2.45, 2.75) is 13.5 Å². The Labute approximate surface area is 158 Å². The van der Waals surface area contributed by atoms with E-state index in [0.717, 1.165) is 0 Å². The summed E-state index contributed by atoms with van der Waals surface area (Å²) in [7, 11) is 0. The molecule has 2 aromatic rings. The average Bonchev–Trinajstić information content (AvgIpc) is 2.52. The molecule has 2 N–H and O–H groups in total. The number of nitrogens with zero attached hydrogens (tertiary/aromatic N) is 1. The maximum absolute atomic E-state index is 12.2. The van der Waals surface area contributed by atoms with Gasteiger partial charge in [0.25, 0.3) is 5.91 Å². The van der Waals surface area contributed by atoms with Crippen LogP contribution in [0.2, 0.25) is 20.4 Å². The number of aromatic nitrogens is 1. The first kappa shape index (κ1) is 18.8. The molecule has 5 nitrogen and oxygen atoms in total. The Morgan fingerprint density at radius 2 is 1.75 bits per heavy atom. The summed E-state index contributed by atoms with van der Waals surface area (Å²) < 4.78 is 0. The highest BCUT2D eigenvalue weighted by molar-refractivity contribution is 6.43. The van der Waals surface area contributed by atoms with Crippen LogP contribution in [0.4, 0.5) is 4.79 Å². The van der Waals surface area contributed by atoms with Gasteiger partial charge >= 0.3 is 6.03 Å². The van der Waals surface area contributed by atoms with Crippen LogP contribution < -0.4 is 10.6 Å². The largest absolute Gasteiger partial charge is 0.334 e. The summed E-state index contributed by atoms with van der Waals surface area (Å²) in [5.41, 5.74) is 1.03. The summed E-state index contributed by atoms with van der Waals surface area (Å²) >= 11 is 23.6. The third-order valence-corrected chi connectivity index (χ3v) is 4.61. The van der Waals surface area contributed by atoms with Crippen molar-refractivity contribution in [1.82, 2.24) is 15.6 Å². The van der Waals surface area contributed by atoms with Gasteiger partial charge in [0.05, 0.1) is 10.6 Å². The van der Waals surface area contributed by atoms with E-state index in [9.17, 15) is 9.59 Å². The van der Waals surface area contributed by atoms with Crippen LogP contribution in [0.15, 0.2) is 24.3 Å². The molecular weight excluding hydrogens is 396 g/mol. The molecule has 0 atom stereocenters. The second-order valence-corrected chi connectivity index (χ2v) is 6.24. The number of pyridine rings is 1. The standard InChI is InChI=1S/C15H11Cl4N3O2/c1-7-10(12(18)21-13(19)11(7)17)14(23)22-15(24)20-6-8-4-2-3-5-9(8)16/h2-5H,6H2,1H3,(H2,20,22,23,24). The Morgan fingerprint density at radius 3 is 2.42 bits per heavy atom. The lowest BCUT2D eigenvalue weighted by molar-refractivity contribution is 0.0963. The summed E-state index contributed by atoms with van der Waals surface area (Å²) in [6.07, 6.45) is 0. The minimum absolute atomic E-state index is 0.0149. The maximum atomic E-state index is 12.2. The average molecular weight is 407 g/mol. The van der Waals surface area contributed by atoms with Crippen LogP contribution in [0.3, 0.4) is 0 Å². The molecule has 126 valence electrons. The van der Waals surface area contributed by atoms with Gasteiger partial charge in [0.2, 0.25) is 0 Å². The van der Waals surface area contributed by atoms with Crippen molar-refractivity contribution in [1.29, 1.82) is 0 Å². The molecule has 0 saturated carbocycles. The second-order valence-electron chi connectivity index (χ2n) is 4.74. The van der Waals surface area contributed by atoms with Crippen molar-refractivity contribution in [3.8, 4) is 0 Å². The van der Waals surface area contributed by atoms with Gasteiger partial charge in [0, 0.05) is 11.6 Å². The first-order valence-corrected chi connectivity index (χ1v) is 8.16. The van der Waals surface area contributed by atoms with E-state index in [1.807, 2.05) is 0 Å². The second kappa shape index (κ2) is 8.03. The van der Waals surface area contributed by atoms with E-state index in [1.54, 1.807) is 31.2 Å². The van der Waals surface area contributed by atoms with Gasteiger partial charge in [-0.25, -0.2) is 9.78 Å². The predicted molar refractivity (Wildman–Crippen MR) is 95.2 cm³/mol. The molecular formula is C15H11Cl4N3O2. The van der Waals surface area contributed by atoms with E-state index >= 15 is 0 Å². The zero-order valence-electron chi connectivity index (χ0n) is 12.3. The lowest BCUT2D eigenvalue weighted by Gasteiger charge is -2.11. The molecule has 0 unspecified atom stereocenters. The van der Waals surface area contributed by atoms with Crippen molar-refractivity contribution >= 4 is 58.3 Å². The number of hydrogen-bond donors (Lipinski definition) is 2. The minimum atomic E-state index is -0.736. The number of carbonyl (C=O) groups excluding carboxylic acids is 2. The summed E-state index contributed by atoms with van der Waals surface area (Å²) in [6.45, 7) is 1.71. The number of amides is 3. The van der Waals surface area contributed by atoms with Crippen molar-refractivity contribution in [3.63, 3.8) is 0 Å². The zero-order chi connectivity index (χ0) is 17.9. The number of carbonyl (C=O) groups is 2. The lowest BCUT2D eigenvalue weighted by Crippen LogP contribution is -2.39. The molecule has 2 rings (SSSR count). The highest BCUT2D eigenvalue weighted by Crippen LogP contribution is 2.30. The Morgan fingerprint density at radius 1 is 1.08 bits per heavy atom. The number of urea groups is 1. The van der Waals surface area contributed by atoms with Gasteiger partial charge in [-0.05, 0) is 24.1 Å². The molecule has 0 bridgehead atoms. The fourth-order valence-electron chi connectivity index (χ4n) is 1.90. The third-order valence-electron chi connectivity index (χ3n) is 3.14. The summed E-state index contributed by atoms with van der Waals surface area (Å²) in [5.74, 6) is -0.736. The Kier molecular flexibility index (Phi) is 6.29. The van der Waals surface area contributed by atoms with Crippen LogP contribution in [-0.4, -0.2) is 16.9 Å². The Balaban J connectivity index is 2.06. The number of halogens is 4. The van der Waals surface area contributed by atoms with Crippen molar-refractivity contribution < 1.29 is 9.59 Å². The van der Waals surface area contributed by atoms with Crippen molar-refractivity contribution in [2.24, 2.45) is 0 Å². The van der Waals surface area contributed by atoms with Gasteiger partial charge in [-0.3, -0.25) is 10.1 Å².